The van der Waals surface area contributed by atoms with E-state index in [1.165, 1.54) is 24.3 Å². The molecule has 0 saturated carbocycles. The molecule has 0 spiro atoms. The Morgan fingerprint density at radius 1 is 1.03 bits per heavy atom. The van der Waals surface area contributed by atoms with Crippen LogP contribution in [0.4, 0.5) is 4.39 Å². The molecule has 0 aliphatic heterocycles. The van der Waals surface area contributed by atoms with Crippen molar-refractivity contribution >= 4 is 25.3 Å². The fraction of sp³-hybridized carbons (Fsp3) is 0.250. The molecular formula is C24H23FNO5P. The molecule has 8 heteroatoms. The highest BCUT2D eigenvalue weighted by Gasteiger charge is 2.62. The topological polar surface area (TPSA) is 108 Å². The summed E-state index contributed by atoms with van der Waals surface area (Å²) in [6.07, 6.45) is 3.23. The van der Waals surface area contributed by atoms with Gasteiger partial charge in [-0.15, -0.1) is 0 Å². The monoisotopic (exact) mass is 455 g/mol. The average Bonchev–Trinajstić information content (AvgIpc) is 2.78. The molecule has 3 rings (SSSR count). The Kier molecular flexibility index (Phi) is 6.84. The van der Waals surface area contributed by atoms with Gasteiger partial charge in [-0.1, -0.05) is 62.4 Å². The van der Waals surface area contributed by atoms with Crippen molar-refractivity contribution in [1.82, 2.24) is 4.98 Å². The number of benzene rings is 2. The molecule has 0 bridgehead atoms. The molecule has 3 aromatic rings. The molecule has 1 aromatic heterocycles. The molecule has 0 fully saturated rings. The first-order valence-electron chi connectivity index (χ1n) is 9.96. The number of carboxylic acid groups (broad SMARTS) is 1. The van der Waals surface area contributed by atoms with Gasteiger partial charge in [0, 0.05) is 11.3 Å². The van der Waals surface area contributed by atoms with Crippen LogP contribution >= 0.6 is 8.46 Å². The largest absolute Gasteiger partial charge is 0.478 e. The summed E-state index contributed by atoms with van der Waals surface area (Å²) in [4.78, 5) is 16.5. The van der Waals surface area contributed by atoms with Gasteiger partial charge >= 0.3 is 5.97 Å². The molecule has 0 aliphatic carbocycles. The number of carboxylic acids is 1. The van der Waals surface area contributed by atoms with Crippen LogP contribution in [0.1, 0.15) is 31.0 Å². The number of carbonyl (C=O) groups is 1. The van der Waals surface area contributed by atoms with E-state index >= 15 is 0 Å². The normalized spacial score (nSPS) is 16.8. The summed E-state index contributed by atoms with van der Waals surface area (Å²) in [6, 6.07) is 15.1. The van der Waals surface area contributed by atoms with Gasteiger partial charge in [0.1, 0.15) is 5.82 Å². The fourth-order valence-corrected chi connectivity index (χ4v) is 4.07. The van der Waals surface area contributed by atoms with Crippen molar-refractivity contribution in [2.24, 2.45) is 5.92 Å². The van der Waals surface area contributed by atoms with Gasteiger partial charge in [-0.05, 0) is 35.7 Å². The summed E-state index contributed by atoms with van der Waals surface area (Å²) in [7, 11) is -1.23. The fourth-order valence-electron chi connectivity index (χ4n) is 3.60. The standard InChI is InChI=1S/C24H23FNO5P/c1-15(2)7-13-19(16-8-11-18(25)12-9-16)23(29,24(30,32-31)22(27)28)21-14-10-17-5-3-4-6-20(17)26-21/h3-15,19,29-30H,1-2H3,(H,27,28). The maximum Gasteiger partial charge on any atom is 0.351 e. The highest BCUT2D eigenvalue weighted by atomic mass is 31.1. The predicted molar refractivity (Wildman–Crippen MR) is 119 cm³/mol. The Morgan fingerprint density at radius 2 is 1.69 bits per heavy atom. The SMILES string of the molecule is CC(C)C=CC(c1ccc(F)cc1)C(O)(c1ccc2ccccc2n1)C(O)(P=O)C(=O)O. The van der Waals surface area contributed by atoms with Gasteiger partial charge in [-0.25, -0.2) is 14.2 Å². The molecule has 166 valence electrons. The van der Waals surface area contributed by atoms with Crippen molar-refractivity contribution in [2.45, 2.75) is 30.7 Å². The zero-order valence-electron chi connectivity index (χ0n) is 17.5. The van der Waals surface area contributed by atoms with Gasteiger partial charge in [-0.3, -0.25) is 4.57 Å². The Bertz CT molecular complexity index is 1170. The minimum Gasteiger partial charge on any atom is -0.478 e. The van der Waals surface area contributed by atoms with E-state index in [1.54, 1.807) is 36.4 Å². The highest BCUT2D eigenvalue weighted by Crippen LogP contribution is 2.50. The van der Waals surface area contributed by atoms with Crippen molar-refractivity contribution in [3.8, 4) is 0 Å². The van der Waals surface area contributed by atoms with E-state index in [2.05, 4.69) is 4.98 Å². The van der Waals surface area contributed by atoms with E-state index in [9.17, 15) is 29.1 Å². The van der Waals surface area contributed by atoms with E-state index in [0.717, 1.165) is 17.5 Å². The van der Waals surface area contributed by atoms with E-state index in [0.29, 0.717) is 11.1 Å². The lowest BCUT2D eigenvalue weighted by Gasteiger charge is -2.41. The lowest BCUT2D eigenvalue weighted by atomic mass is 9.74. The van der Waals surface area contributed by atoms with Crippen LogP contribution in [0, 0.1) is 11.7 Å². The number of aliphatic carboxylic acids is 1. The van der Waals surface area contributed by atoms with E-state index in [-0.39, 0.29) is 11.6 Å². The number of aromatic nitrogens is 1. The first-order valence-corrected chi connectivity index (χ1v) is 10.8. The summed E-state index contributed by atoms with van der Waals surface area (Å²) < 4.78 is 25.7. The zero-order chi connectivity index (χ0) is 23.5. The number of fused-ring (bicyclic) bond motifs is 1. The zero-order valence-corrected chi connectivity index (χ0v) is 18.4. The first kappa shape index (κ1) is 23.7. The van der Waals surface area contributed by atoms with Gasteiger partial charge in [0.15, 0.2) is 5.60 Å². The van der Waals surface area contributed by atoms with Crippen LogP contribution in [0.3, 0.4) is 0 Å². The van der Waals surface area contributed by atoms with Crippen molar-refractivity contribution in [1.29, 1.82) is 0 Å². The number of hydrogen-bond donors (Lipinski definition) is 3. The summed E-state index contributed by atoms with van der Waals surface area (Å²) >= 11 is 0. The third-order valence-corrected chi connectivity index (χ3v) is 6.11. The van der Waals surface area contributed by atoms with Gasteiger partial charge in [0.05, 0.1) is 11.2 Å². The van der Waals surface area contributed by atoms with E-state index in [1.807, 2.05) is 13.8 Å². The van der Waals surface area contributed by atoms with Crippen LogP contribution in [-0.4, -0.2) is 31.6 Å². The number of para-hydroxylation sites is 1. The second kappa shape index (κ2) is 9.25. The smallest absolute Gasteiger partial charge is 0.351 e. The average molecular weight is 455 g/mol. The molecule has 0 aliphatic rings. The molecule has 0 amide bonds. The number of nitrogens with zero attached hydrogens (tertiary/aromatic N) is 1. The van der Waals surface area contributed by atoms with Crippen LogP contribution < -0.4 is 0 Å². The molecule has 0 radical (unpaired) electrons. The second-order valence-electron chi connectivity index (χ2n) is 7.88. The molecule has 32 heavy (non-hydrogen) atoms. The van der Waals surface area contributed by atoms with Gasteiger partial charge in [0.2, 0.25) is 8.46 Å². The molecule has 1 heterocycles. The molecule has 3 atom stereocenters. The Hall–Kier alpha value is -2.99. The first-order chi connectivity index (χ1) is 15.1. The van der Waals surface area contributed by atoms with Gasteiger partial charge in [-0.2, -0.15) is 0 Å². The number of pyridine rings is 1. The minimum absolute atomic E-state index is 0.00878. The van der Waals surface area contributed by atoms with E-state index < -0.39 is 37.1 Å². The lowest BCUT2D eigenvalue weighted by molar-refractivity contribution is -0.176. The Morgan fingerprint density at radius 3 is 2.28 bits per heavy atom. The predicted octanol–water partition coefficient (Wildman–Crippen LogP) is 4.62. The Labute approximate surface area is 186 Å². The number of hydrogen-bond acceptors (Lipinski definition) is 5. The van der Waals surface area contributed by atoms with Gasteiger partial charge in [0.25, 0.3) is 5.34 Å². The van der Waals surface area contributed by atoms with Gasteiger partial charge < -0.3 is 15.3 Å². The number of rotatable bonds is 8. The molecule has 2 aromatic carbocycles. The van der Waals surface area contributed by atoms with E-state index in [4.69, 9.17) is 0 Å². The molecule has 6 nitrogen and oxygen atoms in total. The maximum atomic E-state index is 13.6. The number of halogens is 1. The lowest BCUT2D eigenvalue weighted by Crippen LogP contribution is -2.56. The Balaban J connectivity index is 2.37. The summed E-state index contributed by atoms with van der Waals surface area (Å²) in [6.45, 7) is 3.75. The minimum atomic E-state index is -3.15. The maximum absolute atomic E-state index is 13.6. The molecular weight excluding hydrogens is 432 g/mol. The molecule has 3 unspecified atom stereocenters. The van der Waals surface area contributed by atoms with Crippen molar-refractivity contribution in [3.05, 3.63) is 89.9 Å². The van der Waals surface area contributed by atoms with Crippen molar-refractivity contribution in [3.63, 3.8) is 0 Å². The van der Waals surface area contributed by atoms with Crippen molar-refractivity contribution in [2.75, 3.05) is 0 Å². The second-order valence-corrected chi connectivity index (χ2v) is 8.71. The third-order valence-electron chi connectivity index (χ3n) is 5.32. The van der Waals surface area contributed by atoms with Crippen LogP contribution in [-0.2, 0) is 15.0 Å². The van der Waals surface area contributed by atoms with Crippen LogP contribution in [0.15, 0.2) is 72.8 Å². The van der Waals surface area contributed by atoms with Crippen molar-refractivity contribution < 1.29 is 29.1 Å². The highest BCUT2D eigenvalue weighted by molar-refractivity contribution is 7.27. The summed E-state index contributed by atoms with van der Waals surface area (Å²) in [5.41, 5.74) is -2.10. The van der Waals surface area contributed by atoms with Crippen LogP contribution in [0.2, 0.25) is 0 Å². The quantitative estimate of drug-likeness (QED) is 0.338. The third kappa shape index (κ3) is 4.19. The van der Waals surface area contributed by atoms with Crippen LogP contribution in [0.25, 0.3) is 10.9 Å². The summed E-state index contributed by atoms with van der Waals surface area (Å²) in [5, 5.41) is 30.5. The molecule has 3 N–H and O–H groups in total. The molecule has 0 saturated heterocycles. The summed E-state index contributed by atoms with van der Waals surface area (Å²) in [5.74, 6) is -3.63. The number of allylic oxidation sites excluding steroid dienone is 1. The van der Waals surface area contributed by atoms with Crippen LogP contribution in [0.5, 0.6) is 0 Å². The number of aliphatic hydroxyl groups is 2.